The normalized spacial score (nSPS) is 30.7. The molecule has 6 atom stereocenters. The third-order valence-corrected chi connectivity index (χ3v) is 10.1. The van der Waals surface area contributed by atoms with Crippen molar-refractivity contribution in [1.82, 2.24) is 9.71 Å². The number of carbonyl (C=O) groups is 1. The van der Waals surface area contributed by atoms with E-state index in [1.807, 2.05) is 18.3 Å². The Bertz CT molecular complexity index is 1300. The molecule has 0 bridgehead atoms. The van der Waals surface area contributed by atoms with Crippen molar-refractivity contribution in [2.24, 2.45) is 17.3 Å². The number of alkyl halides is 3. The van der Waals surface area contributed by atoms with Gasteiger partial charge in [-0.15, -0.1) is 0 Å². The molecule has 0 spiro atoms. The van der Waals surface area contributed by atoms with Crippen molar-refractivity contribution in [3.05, 3.63) is 59.4 Å². The molecule has 1 N–H and O–H groups in total. The molecular weight excluding hydrogens is 571 g/mol. The van der Waals surface area contributed by atoms with Gasteiger partial charge in [-0.3, -0.25) is 14.0 Å². The highest BCUT2D eigenvalue weighted by Crippen LogP contribution is 2.66. The van der Waals surface area contributed by atoms with Gasteiger partial charge in [-0.2, -0.15) is 13.1 Å². The van der Waals surface area contributed by atoms with Crippen LogP contribution in [0.25, 0.3) is 0 Å². The number of fused-ring (bicyclic) bond motifs is 5. The average Bonchev–Trinajstić information content (AvgIpc) is 3.20. The molecule has 38 heavy (non-hydrogen) atoms. The molecule has 206 valence electrons. The van der Waals surface area contributed by atoms with Crippen LogP contribution in [0.3, 0.4) is 0 Å². The number of pyridine rings is 1. The first kappa shape index (κ1) is 28.1. The van der Waals surface area contributed by atoms with E-state index < -0.39 is 32.7 Å². The number of rotatable bonds is 6. The second-order valence-electron chi connectivity index (χ2n) is 11.0. The quantitative estimate of drug-likeness (QED) is 0.235. The van der Waals surface area contributed by atoms with Gasteiger partial charge in [-0.1, -0.05) is 53.9 Å². The second-order valence-corrected chi connectivity index (χ2v) is 14.9. The topological polar surface area (TPSA) is 94.6 Å². The van der Waals surface area contributed by atoms with Gasteiger partial charge in [0.05, 0.1) is 0 Å². The van der Waals surface area contributed by atoms with E-state index in [0.717, 1.165) is 36.8 Å². The van der Waals surface area contributed by atoms with Crippen molar-refractivity contribution in [2.45, 2.75) is 67.6 Å². The minimum Gasteiger partial charge on any atom is -0.427 e. The lowest BCUT2D eigenvalue weighted by molar-refractivity contribution is -0.131. The summed E-state index contributed by atoms with van der Waals surface area (Å²) < 4.78 is 37.0. The fourth-order valence-corrected chi connectivity index (χ4v) is 8.75. The van der Waals surface area contributed by atoms with E-state index in [1.165, 1.54) is 12.5 Å². The molecule has 11 heteroatoms. The Balaban J connectivity index is 1.48. The first-order valence-corrected chi connectivity index (χ1v) is 15.4. The van der Waals surface area contributed by atoms with Crippen molar-refractivity contribution in [3.63, 3.8) is 0 Å². The smallest absolute Gasteiger partial charge is 0.336 e. The van der Waals surface area contributed by atoms with E-state index in [2.05, 4.69) is 22.7 Å². The number of carbonyl (C=O) groups excluding carboxylic acids is 1. The Labute approximate surface area is 238 Å². The molecule has 1 aromatic carbocycles. The van der Waals surface area contributed by atoms with Crippen LogP contribution in [0, 0.1) is 17.3 Å². The van der Waals surface area contributed by atoms with Gasteiger partial charge in [0.1, 0.15) is 12.4 Å². The number of ether oxygens (including phenoxy) is 1. The summed E-state index contributed by atoms with van der Waals surface area (Å²) in [4.78, 5) is 16.0. The number of hydrogen-bond acceptors (Lipinski definition) is 6. The number of aromatic nitrogens is 1. The van der Waals surface area contributed by atoms with Crippen molar-refractivity contribution in [2.75, 3.05) is 6.61 Å². The zero-order chi connectivity index (χ0) is 27.3. The second kappa shape index (κ2) is 10.5. The van der Waals surface area contributed by atoms with E-state index in [-0.39, 0.29) is 17.3 Å². The fourth-order valence-electron chi connectivity index (χ4n) is 7.42. The predicted octanol–water partition coefficient (Wildman–Crippen LogP) is 6.37. The Hall–Kier alpha value is -1.42. The maximum absolute atomic E-state index is 12.9. The van der Waals surface area contributed by atoms with Crippen LogP contribution < -0.4 is 9.46 Å². The largest absolute Gasteiger partial charge is 0.427 e. The van der Waals surface area contributed by atoms with Crippen LogP contribution in [0.4, 0.5) is 0 Å². The number of halogens is 3. The standard InChI is InChI=1S/C27H31Cl3N2O5S/c1-16(33)37-18-5-6-19-20-9-10-26(2)23(17-4-3-11-31-14-17)7-8-24(26)21(20)13-25(22(19)12-18)32-38(34,35)36-15-27(28,29)30/h3-6,11-12,14,20-21,23-25,32H,7-10,13,15H2,1-2H3/t20-,21-,23-,24+,25?,26-/m1/s1. The van der Waals surface area contributed by atoms with Crippen LogP contribution >= 0.6 is 34.8 Å². The molecule has 2 fully saturated rings. The van der Waals surface area contributed by atoms with E-state index in [1.54, 1.807) is 18.3 Å². The van der Waals surface area contributed by atoms with E-state index in [0.29, 0.717) is 24.0 Å². The van der Waals surface area contributed by atoms with Gasteiger partial charge < -0.3 is 4.74 Å². The maximum Gasteiger partial charge on any atom is 0.336 e. The summed E-state index contributed by atoms with van der Waals surface area (Å²) in [5, 5.41) is 0. The molecule has 1 aromatic heterocycles. The van der Waals surface area contributed by atoms with Crippen molar-refractivity contribution in [1.29, 1.82) is 0 Å². The number of hydrogen-bond donors (Lipinski definition) is 1. The summed E-state index contributed by atoms with van der Waals surface area (Å²) in [6.07, 6.45) is 8.61. The minimum absolute atomic E-state index is 0.0920. The molecule has 5 rings (SSSR count). The van der Waals surface area contributed by atoms with E-state index in [4.69, 9.17) is 43.7 Å². The van der Waals surface area contributed by atoms with Gasteiger partial charge in [0, 0.05) is 25.4 Å². The lowest BCUT2D eigenvalue weighted by Crippen LogP contribution is -2.45. The average molecular weight is 602 g/mol. The summed E-state index contributed by atoms with van der Waals surface area (Å²) in [6.45, 7) is 3.11. The van der Waals surface area contributed by atoms with Crippen molar-refractivity contribution in [3.8, 4) is 5.75 Å². The molecule has 2 aromatic rings. The highest BCUT2D eigenvalue weighted by atomic mass is 35.6. The van der Waals surface area contributed by atoms with Crippen LogP contribution in [-0.4, -0.2) is 29.8 Å². The van der Waals surface area contributed by atoms with E-state index >= 15 is 0 Å². The summed E-state index contributed by atoms with van der Waals surface area (Å²) in [6, 6.07) is 9.11. The summed E-state index contributed by atoms with van der Waals surface area (Å²) >= 11 is 17.2. The van der Waals surface area contributed by atoms with Gasteiger partial charge in [-0.05, 0) is 96.1 Å². The zero-order valence-corrected chi connectivity index (χ0v) is 24.3. The van der Waals surface area contributed by atoms with Crippen molar-refractivity contribution < 1.29 is 22.1 Å². The van der Waals surface area contributed by atoms with Crippen LogP contribution in [0.15, 0.2) is 42.7 Å². The number of benzene rings is 1. The van der Waals surface area contributed by atoms with Gasteiger partial charge in [-0.25, -0.2) is 0 Å². The lowest BCUT2D eigenvalue weighted by Gasteiger charge is -2.52. The van der Waals surface area contributed by atoms with E-state index in [9.17, 15) is 13.2 Å². The van der Waals surface area contributed by atoms with Crippen LogP contribution in [0.2, 0.25) is 0 Å². The molecular formula is C27H31Cl3N2O5S. The summed E-state index contributed by atoms with van der Waals surface area (Å²) in [5.74, 6) is 1.31. The van der Waals surface area contributed by atoms with Crippen LogP contribution in [0.1, 0.15) is 80.5 Å². The third kappa shape index (κ3) is 5.72. The highest BCUT2D eigenvalue weighted by Gasteiger charge is 2.56. The molecule has 0 saturated heterocycles. The van der Waals surface area contributed by atoms with Crippen LogP contribution in [-0.2, 0) is 19.3 Å². The fraction of sp³-hybridized carbons (Fsp3) is 0.556. The minimum atomic E-state index is -4.24. The zero-order valence-electron chi connectivity index (χ0n) is 21.2. The van der Waals surface area contributed by atoms with Crippen LogP contribution in [0.5, 0.6) is 5.75 Å². The Morgan fingerprint density at radius 1 is 1.18 bits per heavy atom. The Morgan fingerprint density at radius 3 is 2.66 bits per heavy atom. The number of nitrogens with zero attached hydrogens (tertiary/aromatic N) is 1. The monoisotopic (exact) mass is 600 g/mol. The first-order valence-electron chi connectivity index (χ1n) is 12.8. The molecule has 0 aliphatic heterocycles. The van der Waals surface area contributed by atoms with Crippen molar-refractivity contribution >= 4 is 51.1 Å². The molecule has 0 amide bonds. The van der Waals surface area contributed by atoms with Gasteiger partial charge in [0.2, 0.25) is 3.79 Å². The predicted molar refractivity (Wildman–Crippen MR) is 147 cm³/mol. The third-order valence-electron chi connectivity index (χ3n) is 8.79. The number of nitrogens with one attached hydrogen (secondary N) is 1. The SMILES string of the molecule is CC(=O)Oc1ccc2c(c1)C(NS(=O)(=O)OCC(Cl)(Cl)Cl)C[C@@H]1[C@@H]2CC[C@]2(C)[C@@H](c3cccnc3)CC[C@@H]12. The molecule has 1 heterocycles. The highest BCUT2D eigenvalue weighted by molar-refractivity contribution is 7.84. The Kier molecular flexibility index (Phi) is 7.79. The van der Waals surface area contributed by atoms with Gasteiger partial charge >= 0.3 is 16.3 Å². The molecule has 3 aliphatic carbocycles. The van der Waals surface area contributed by atoms with Gasteiger partial charge in [0.15, 0.2) is 0 Å². The molecule has 1 unspecified atom stereocenters. The maximum atomic E-state index is 12.9. The molecule has 0 radical (unpaired) electrons. The molecule has 7 nitrogen and oxygen atoms in total. The summed E-state index contributed by atoms with van der Waals surface area (Å²) in [5.41, 5.74) is 3.24. The lowest BCUT2D eigenvalue weighted by atomic mass is 9.53. The Morgan fingerprint density at radius 2 is 1.97 bits per heavy atom. The number of esters is 1. The molecule has 2 saturated carbocycles. The summed E-state index contributed by atoms with van der Waals surface area (Å²) in [7, 11) is -4.24. The van der Waals surface area contributed by atoms with Gasteiger partial charge in [0.25, 0.3) is 0 Å². The first-order chi connectivity index (χ1) is 17.9. The molecule has 3 aliphatic rings.